The van der Waals surface area contributed by atoms with Gasteiger partial charge in [-0.2, -0.15) is 4.52 Å². The van der Waals surface area contributed by atoms with Gasteiger partial charge in [0.2, 0.25) is 0 Å². The van der Waals surface area contributed by atoms with Crippen molar-refractivity contribution in [2.75, 3.05) is 39.4 Å². The summed E-state index contributed by atoms with van der Waals surface area (Å²) in [6, 6.07) is 8.55. The average Bonchev–Trinajstić information content (AvgIpc) is 3.10. The molecule has 2 aromatic heterocycles. The number of hydrogen-bond donors (Lipinski definition) is 1. The number of morpholine rings is 1. The summed E-state index contributed by atoms with van der Waals surface area (Å²) >= 11 is 0. The van der Waals surface area contributed by atoms with Gasteiger partial charge in [-0.3, -0.25) is 4.90 Å². The van der Waals surface area contributed by atoms with Crippen LogP contribution in [0, 0.1) is 6.92 Å². The predicted molar refractivity (Wildman–Crippen MR) is 92.0 cm³/mol. The number of fused-ring (bicyclic) bond motifs is 3. The van der Waals surface area contributed by atoms with Gasteiger partial charge in [0.15, 0.2) is 5.65 Å². The molecule has 7 heteroatoms. The molecule has 4 rings (SSSR count). The zero-order chi connectivity index (χ0) is 16.4. The van der Waals surface area contributed by atoms with E-state index in [9.17, 15) is 0 Å². The van der Waals surface area contributed by atoms with Crippen molar-refractivity contribution in [1.82, 2.24) is 30.3 Å². The Morgan fingerprint density at radius 1 is 1.21 bits per heavy atom. The van der Waals surface area contributed by atoms with Crippen molar-refractivity contribution in [2.24, 2.45) is 0 Å². The zero-order valence-electron chi connectivity index (χ0n) is 13.9. The highest BCUT2D eigenvalue weighted by Gasteiger charge is 2.11. The van der Waals surface area contributed by atoms with E-state index < -0.39 is 0 Å². The Balaban J connectivity index is 1.48. The summed E-state index contributed by atoms with van der Waals surface area (Å²) in [5, 5.41) is 16.9. The van der Waals surface area contributed by atoms with Crippen molar-refractivity contribution in [3.63, 3.8) is 0 Å². The van der Waals surface area contributed by atoms with Crippen LogP contribution in [0.1, 0.15) is 11.1 Å². The molecule has 0 spiro atoms. The van der Waals surface area contributed by atoms with Gasteiger partial charge in [0, 0.05) is 43.7 Å². The molecule has 3 aromatic rings. The van der Waals surface area contributed by atoms with Gasteiger partial charge >= 0.3 is 0 Å². The number of pyridine rings is 1. The quantitative estimate of drug-likeness (QED) is 0.706. The van der Waals surface area contributed by atoms with E-state index in [0.717, 1.165) is 68.1 Å². The normalized spacial score (nSPS) is 16.2. The lowest BCUT2D eigenvalue weighted by atomic mass is 10.1. The van der Waals surface area contributed by atoms with Crippen molar-refractivity contribution in [3.8, 4) is 0 Å². The second kappa shape index (κ2) is 6.80. The summed E-state index contributed by atoms with van der Waals surface area (Å²) in [4.78, 5) is 2.42. The lowest BCUT2D eigenvalue weighted by Gasteiger charge is -2.26. The second-order valence-corrected chi connectivity index (χ2v) is 6.28. The fourth-order valence-corrected chi connectivity index (χ4v) is 3.18. The van der Waals surface area contributed by atoms with Gasteiger partial charge in [-0.25, -0.2) is 0 Å². The van der Waals surface area contributed by atoms with Crippen LogP contribution in [0.3, 0.4) is 0 Å². The van der Waals surface area contributed by atoms with E-state index in [1.54, 1.807) is 0 Å². The Morgan fingerprint density at radius 2 is 2.08 bits per heavy atom. The van der Waals surface area contributed by atoms with Crippen LogP contribution >= 0.6 is 0 Å². The number of ether oxygens (including phenoxy) is 1. The molecule has 1 fully saturated rings. The van der Waals surface area contributed by atoms with Crippen molar-refractivity contribution in [2.45, 2.75) is 13.5 Å². The first-order valence-electron chi connectivity index (χ1n) is 8.42. The summed E-state index contributed by atoms with van der Waals surface area (Å²) in [6.07, 6.45) is 0. The molecule has 0 aliphatic carbocycles. The molecule has 0 saturated carbocycles. The number of benzene rings is 1. The lowest BCUT2D eigenvalue weighted by Crippen LogP contribution is -2.40. The molecular weight excluding hydrogens is 304 g/mol. The van der Waals surface area contributed by atoms with E-state index in [-0.39, 0.29) is 0 Å². The minimum Gasteiger partial charge on any atom is -0.379 e. The minimum atomic E-state index is 0.762. The molecule has 7 nitrogen and oxygen atoms in total. The molecule has 24 heavy (non-hydrogen) atoms. The Hall–Kier alpha value is -2.09. The zero-order valence-corrected chi connectivity index (χ0v) is 13.9. The van der Waals surface area contributed by atoms with Crippen LogP contribution in [0.4, 0.5) is 0 Å². The highest BCUT2D eigenvalue weighted by atomic mass is 16.5. The molecule has 0 unspecified atom stereocenters. The molecule has 1 aliphatic heterocycles. The Bertz CT molecular complexity index is 840. The van der Waals surface area contributed by atoms with Crippen LogP contribution in [-0.2, 0) is 11.3 Å². The molecule has 3 heterocycles. The van der Waals surface area contributed by atoms with Gasteiger partial charge in [-0.15, -0.1) is 5.10 Å². The van der Waals surface area contributed by atoms with Crippen LogP contribution in [0.15, 0.2) is 24.3 Å². The monoisotopic (exact) mass is 326 g/mol. The third kappa shape index (κ3) is 3.10. The van der Waals surface area contributed by atoms with Gasteiger partial charge in [0.25, 0.3) is 0 Å². The fourth-order valence-electron chi connectivity index (χ4n) is 3.18. The highest BCUT2D eigenvalue weighted by Crippen LogP contribution is 2.20. The summed E-state index contributed by atoms with van der Waals surface area (Å²) in [5.74, 6) is 0. The van der Waals surface area contributed by atoms with Crippen LogP contribution in [0.25, 0.3) is 16.6 Å². The number of rotatable bonds is 5. The Kier molecular flexibility index (Phi) is 4.38. The molecule has 0 atom stereocenters. The largest absolute Gasteiger partial charge is 0.379 e. The third-order valence-corrected chi connectivity index (χ3v) is 4.52. The molecule has 126 valence electrons. The Morgan fingerprint density at radius 3 is 2.96 bits per heavy atom. The van der Waals surface area contributed by atoms with E-state index in [2.05, 4.69) is 56.9 Å². The standard InChI is InChI=1S/C17H22N6O/c1-13-2-3-14-11-15(17-19-20-21-23(17)16(14)10-13)12-18-4-5-22-6-8-24-9-7-22/h2-3,10-11,18H,4-9,12H2,1H3. The predicted octanol–water partition coefficient (Wildman–Crippen LogP) is 1.01. The number of nitrogens with one attached hydrogen (secondary N) is 1. The lowest BCUT2D eigenvalue weighted by molar-refractivity contribution is 0.0384. The molecule has 1 aromatic carbocycles. The summed E-state index contributed by atoms with van der Waals surface area (Å²) < 4.78 is 7.21. The SMILES string of the molecule is Cc1ccc2cc(CNCCN3CCOCC3)c3nnnn3c2c1. The van der Waals surface area contributed by atoms with E-state index >= 15 is 0 Å². The first kappa shape index (κ1) is 15.4. The van der Waals surface area contributed by atoms with Crippen molar-refractivity contribution < 1.29 is 4.74 Å². The number of aromatic nitrogens is 4. The highest BCUT2D eigenvalue weighted by molar-refractivity contribution is 5.83. The number of tetrazole rings is 1. The number of nitrogens with zero attached hydrogens (tertiary/aromatic N) is 5. The molecule has 0 bridgehead atoms. The van der Waals surface area contributed by atoms with Crippen LogP contribution in [-0.4, -0.2) is 64.3 Å². The molecule has 1 N–H and O–H groups in total. The van der Waals surface area contributed by atoms with E-state index in [0.29, 0.717) is 0 Å². The summed E-state index contributed by atoms with van der Waals surface area (Å²) in [7, 11) is 0. The van der Waals surface area contributed by atoms with Gasteiger partial charge in [0.1, 0.15) is 0 Å². The van der Waals surface area contributed by atoms with Gasteiger partial charge in [0.05, 0.1) is 18.7 Å². The maximum atomic E-state index is 5.38. The van der Waals surface area contributed by atoms with Gasteiger partial charge < -0.3 is 10.1 Å². The van der Waals surface area contributed by atoms with Crippen molar-refractivity contribution in [1.29, 1.82) is 0 Å². The first-order chi connectivity index (χ1) is 11.8. The molecular formula is C17H22N6O. The van der Waals surface area contributed by atoms with E-state index in [4.69, 9.17) is 4.74 Å². The smallest absolute Gasteiger partial charge is 0.184 e. The molecule has 0 radical (unpaired) electrons. The summed E-state index contributed by atoms with van der Waals surface area (Å²) in [5.41, 5.74) is 4.20. The number of aryl methyl sites for hydroxylation is 1. The van der Waals surface area contributed by atoms with Crippen LogP contribution in [0.5, 0.6) is 0 Å². The Labute approximate surface area is 140 Å². The average molecular weight is 326 g/mol. The number of hydrogen-bond acceptors (Lipinski definition) is 6. The molecule has 1 saturated heterocycles. The minimum absolute atomic E-state index is 0.762. The maximum absolute atomic E-state index is 5.38. The van der Waals surface area contributed by atoms with E-state index in [1.807, 2.05) is 4.52 Å². The van der Waals surface area contributed by atoms with Crippen LogP contribution < -0.4 is 5.32 Å². The van der Waals surface area contributed by atoms with Gasteiger partial charge in [-0.05, 0) is 35.0 Å². The fraction of sp³-hybridized carbons (Fsp3) is 0.471. The maximum Gasteiger partial charge on any atom is 0.184 e. The van der Waals surface area contributed by atoms with Crippen LogP contribution in [0.2, 0.25) is 0 Å². The summed E-state index contributed by atoms with van der Waals surface area (Å²) in [6.45, 7) is 8.56. The van der Waals surface area contributed by atoms with Crippen molar-refractivity contribution >= 4 is 16.6 Å². The molecule has 0 amide bonds. The van der Waals surface area contributed by atoms with Crippen molar-refractivity contribution in [3.05, 3.63) is 35.4 Å². The third-order valence-electron chi connectivity index (χ3n) is 4.52. The topological polar surface area (TPSA) is 67.6 Å². The second-order valence-electron chi connectivity index (χ2n) is 6.28. The first-order valence-corrected chi connectivity index (χ1v) is 8.42. The van der Waals surface area contributed by atoms with E-state index in [1.165, 1.54) is 5.56 Å². The van der Waals surface area contributed by atoms with Gasteiger partial charge in [-0.1, -0.05) is 12.1 Å². The molecule has 1 aliphatic rings.